The molecule has 0 saturated heterocycles. The Kier molecular flexibility index (Phi) is 5.97. The molecular formula is C24H25N3O4. The molecule has 0 aliphatic carbocycles. The number of aromatic nitrogens is 3. The number of aliphatic hydroxyl groups is 1. The van der Waals surface area contributed by atoms with E-state index in [0.29, 0.717) is 16.8 Å². The summed E-state index contributed by atoms with van der Waals surface area (Å²) in [5.74, 6) is 0.553. The first-order valence-electron chi connectivity index (χ1n) is 10.2. The standard InChI is InChI=1S/C24H25N3O4/c1-15-9-11-19(12-10-15)23(18-7-5-4-6-8-18)30-14-20(28)13-27-24(29)22-21(16(2)25-27)17(3)31-26-22/h4-12,20,23,28H,13-14H2,1-3H3/t20-,23-/m0/s1. The molecule has 0 saturated carbocycles. The summed E-state index contributed by atoms with van der Waals surface area (Å²) in [5, 5.41) is 19.4. The molecule has 2 heterocycles. The lowest BCUT2D eigenvalue weighted by Crippen LogP contribution is -2.32. The smallest absolute Gasteiger partial charge is 0.296 e. The number of rotatable bonds is 7. The molecule has 0 bridgehead atoms. The number of ether oxygens (including phenoxy) is 1. The third kappa shape index (κ3) is 4.42. The minimum Gasteiger partial charge on any atom is -0.389 e. The molecule has 0 fully saturated rings. The summed E-state index contributed by atoms with van der Waals surface area (Å²) in [6, 6.07) is 18.0. The summed E-state index contributed by atoms with van der Waals surface area (Å²) in [6.07, 6.45) is -1.25. The van der Waals surface area contributed by atoms with Crippen LogP contribution in [-0.4, -0.2) is 32.8 Å². The average molecular weight is 419 g/mol. The van der Waals surface area contributed by atoms with Crippen molar-refractivity contribution in [1.82, 2.24) is 14.9 Å². The molecule has 2 aromatic carbocycles. The Morgan fingerprint density at radius 2 is 1.71 bits per heavy atom. The monoisotopic (exact) mass is 419 g/mol. The summed E-state index contributed by atoms with van der Waals surface area (Å²) < 4.78 is 12.5. The molecule has 0 radical (unpaired) electrons. The van der Waals surface area contributed by atoms with Crippen molar-refractivity contribution < 1.29 is 14.4 Å². The van der Waals surface area contributed by atoms with E-state index in [0.717, 1.165) is 16.7 Å². The number of aliphatic hydroxyl groups excluding tert-OH is 1. The minimum atomic E-state index is -0.924. The second kappa shape index (κ2) is 8.83. The maximum absolute atomic E-state index is 12.7. The van der Waals surface area contributed by atoms with Gasteiger partial charge in [0.1, 0.15) is 11.9 Å². The SMILES string of the molecule is Cc1ccc([C@@H](OC[C@@H](O)Cn2nc(C)c3c(C)onc3c2=O)c2ccccc2)cc1. The van der Waals surface area contributed by atoms with E-state index >= 15 is 0 Å². The van der Waals surface area contributed by atoms with Crippen LogP contribution in [0.3, 0.4) is 0 Å². The van der Waals surface area contributed by atoms with Gasteiger partial charge in [-0.25, -0.2) is 4.68 Å². The number of hydrogen-bond donors (Lipinski definition) is 1. The van der Waals surface area contributed by atoms with Crippen LogP contribution >= 0.6 is 0 Å². The van der Waals surface area contributed by atoms with E-state index in [1.165, 1.54) is 4.68 Å². The van der Waals surface area contributed by atoms with E-state index < -0.39 is 11.7 Å². The van der Waals surface area contributed by atoms with Crippen LogP contribution in [0.25, 0.3) is 10.9 Å². The molecule has 0 unspecified atom stereocenters. The van der Waals surface area contributed by atoms with Gasteiger partial charge in [-0.3, -0.25) is 4.79 Å². The van der Waals surface area contributed by atoms with Crippen molar-refractivity contribution in [3.05, 3.63) is 93.1 Å². The van der Waals surface area contributed by atoms with E-state index in [2.05, 4.69) is 10.3 Å². The molecule has 0 aliphatic heterocycles. The lowest BCUT2D eigenvalue weighted by atomic mass is 10.0. The maximum Gasteiger partial charge on any atom is 0.296 e. The zero-order valence-corrected chi connectivity index (χ0v) is 17.8. The van der Waals surface area contributed by atoms with Crippen molar-refractivity contribution in [2.45, 2.75) is 39.5 Å². The molecule has 160 valence electrons. The molecule has 4 aromatic rings. The van der Waals surface area contributed by atoms with E-state index in [1.54, 1.807) is 13.8 Å². The first kappa shape index (κ1) is 21.0. The highest BCUT2D eigenvalue weighted by Gasteiger charge is 2.20. The van der Waals surface area contributed by atoms with Gasteiger partial charge >= 0.3 is 0 Å². The zero-order valence-electron chi connectivity index (χ0n) is 17.8. The van der Waals surface area contributed by atoms with Gasteiger partial charge < -0.3 is 14.4 Å². The minimum absolute atomic E-state index is 0.00305. The Hall–Kier alpha value is -3.29. The second-order valence-electron chi connectivity index (χ2n) is 7.72. The second-order valence-corrected chi connectivity index (χ2v) is 7.72. The summed E-state index contributed by atoms with van der Waals surface area (Å²) >= 11 is 0. The number of aryl methyl sites for hydroxylation is 3. The fraction of sp³-hybridized carbons (Fsp3) is 0.292. The molecule has 7 heteroatoms. The van der Waals surface area contributed by atoms with Crippen molar-refractivity contribution >= 4 is 10.9 Å². The van der Waals surface area contributed by atoms with Crippen LogP contribution in [0.1, 0.15) is 34.2 Å². The number of fused-ring (bicyclic) bond motifs is 1. The van der Waals surface area contributed by atoms with E-state index in [1.807, 2.05) is 61.5 Å². The number of hydrogen-bond acceptors (Lipinski definition) is 6. The van der Waals surface area contributed by atoms with E-state index in [-0.39, 0.29) is 24.8 Å². The fourth-order valence-corrected chi connectivity index (χ4v) is 3.68. The summed E-state index contributed by atoms with van der Waals surface area (Å²) in [7, 11) is 0. The number of benzene rings is 2. The lowest BCUT2D eigenvalue weighted by molar-refractivity contribution is -0.00243. The molecule has 2 atom stereocenters. The van der Waals surface area contributed by atoms with Crippen LogP contribution < -0.4 is 5.56 Å². The maximum atomic E-state index is 12.7. The Morgan fingerprint density at radius 3 is 2.42 bits per heavy atom. The fourth-order valence-electron chi connectivity index (χ4n) is 3.68. The number of nitrogens with zero attached hydrogens (tertiary/aromatic N) is 3. The van der Waals surface area contributed by atoms with Crippen molar-refractivity contribution in [2.24, 2.45) is 0 Å². The van der Waals surface area contributed by atoms with Gasteiger partial charge in [0.25, 0.3) is 5.56 Å². The Morgan fingerprint density at radius 1 is 1.03 bits per heavy atom. The van der Waals surface area contributed by atoms with E-state index in [4.69, 9.17) is 9.26 Å². The predicted molar refractivity (Wildman–Crippen MR) is 117 cm³/mol. The molecule has 31 heavy (non-hydrogen) atoms. The molecule has 0 aliphatic rings. The molecule has 0 spiro atoms. The zero-order chi connectivity index (χ0) is 22.0. The van der Waals surface area contributed by atoms with Crippen molar-refractivity contribution in [3.63, 3.8) is 0 Å². The quantitative estimate of drug-likeness (QED) is 0.493. The molecule has 0 amide bonds. The Labute approximate surface area is 179 Å². The summed E-state index contributed by atoms with van der Waals surface area (Å²) in [6.45, 7) is 5.60. The van der Waals surface area contributed by atoms with Crippen LogP contribution in [0.5, 0.6) is 0 Å². The Bertz CT molecular complexity index is 1230. The van der Waals surface area contributed by atoms with Crippen molar-refractivity contribution in [3.8, 4) is 0 Å². The topological polar surface area (TPSA) is 90.4 Å². The van der Waals surface area contributed by atoms with Crippen molar-refractivity contribution in [1.29, 1.82) is 0 Å². The van der Waals surface area contributed by atoms with Crippen LogP contribution in [0.4, 0.5) is 0 Å². The molecule has 7 nitrogen and oxygen atoms in total. The highest BCUT2D eigenvalue weighted by molar-refractivity contribution is 5.81. The molecular weight excluding hydrogens is 394 g/mol. The molecule has 4 rings (SSSR count). The third-order valence-electron chi connectivity index (χ3n) is 5.25. The van der Waals surface area contributed by atoms with Gasteiger partial charge in [0.05, 0.1) is 30.3 Å². The van der Waals surface area contributed by atoms with Gasteiger partial charge in [-0.2, -0.15) is 5.10 Å². The van der Waals surface area contributed by atoms with E-state index in [9.17, 15) is 9.90 Å². The van der Waals surface area contributed by atoms with Crippen LogP contribution in [0, 0.1) is 20.8 Å². The van der Waals surface area contributed by atoms with Crippen LogP contribution in [0.2, 0.25) is 0 Å². The molecule has 1 N–H and O–H groups in total. The van der Waals surface area contributed by atoms with Gasteiger partial charge in [-0.15, -0.1) is 0 Å². The molecule has 2 aromatic heterocycles. The third-order valence-corrected chi connectivity index (χ3v) is 5.25. The average Bonchev–Trinajstić information content (AvgIpc) is 3.16. The van der Waals surface area contributed by atoms with Crippen LogP contribution in [0.15, 0.2) is 63.9 Å². The largest absolute Gasteiger partial charge is 0.389 e. The summed E-state index contributed by atoms with van der Waals surface area (Å²) in [4.78, 5) is 12.7. The van der Waals surface area contributed by atoms with Gasteiger partial charge in [0.15, 0.2) is 5.52 Å². The van der Waals surface area contributed by atoms with Gasteiger partial charge in [0, 0.05) is 0 Å². The highest BCUT2D eigenvalue weighted by atomic mass is 16.5. The van der Waals surface area contributed by atoms with Crippen molar-refractivity contribution in [2.75, 3.05) is 6.61 Å². The van der Waals surface area contributed by atoms with Gasteiger partial charge in [-0.05, 0) is 31.9 Å². The highest BCUT2D eigenvalue weighted by Crippen LogP contribution is 2.26. The Balaban J connectivity index is 1.53. The van der Waals surface area contributed by atoms with Gasteiger partial charge in [0.2, 0.25) is 0 Å². The first-order chi connectivity index (χ1) is 14.9. The normalized spacial score (nSPS) is 13.4. The van der Waals surface area contributed by atoms with Crippen LogP contribution in [-0.2, 0) is 11.3 Å². The predicted octanol–water partition coefficient (Wildman–Crippen LogP) is 3.48. The first-order valence-corrected chi connectivity index (χ1v) is 10.2. The summed E-state index contributed by atoms with van der Waals surface area (Å²) in [5.41, 5.74) is 3.60. The lowest BCUT2D eigenvalue weighted by Gasteiger charge is -2.21. The van der Waals surface area contributed by atoms with Gasteiger partial charge in [-0.1, -0.05) is 65.3 Å².